The van der Waals surface area contributed by atoms with Gasteiger partial charge in [-0.25, -0.2) is 4.98 Å². The first-order valence-corrected chi connectivity index (χ1v) is 7.92. The van der Waals surface area contributed by atoms with Crippen molar-refractivity contribution in [2.75, 3.05) is 0 Å². The Morgan fingerprint density at radius 3 is 2.29 bits per heavy atom. The van der Waals surface area contributed by atoms with Crippen LogP contribution in [0.15, 0.2) is 41.1 Å². The van der Waals surface area contributed by atoms with Crippen LogP contribution in [-0.4, -0.2) is 15.9 Å². The van der Waals surface area contributed by atoms with Crippen LogP contribution in [0.5, 0.6) is 11.5 Å². The number of fused-ring (bicyclic) bond motifs is 1. The highest BCUT2D eigenvalue weighted by atomic mass is 16.5. The molecule has 2 N–H and O–H groups in total. The van der Waals surface area contributed by atoms with Gasteiger partial charge in [-0.1, -0.05) is 45.4 Å². The van der Waals surface area contributed by atoms with Crippen LogP contribution in [0.3, 0.4) is 0 Å². The molecule has 2 aromatic heterocycles. The van der Waals surface area contributed by atoms with Gasteiger partial charge >= 0.3 is 5.91 Å². The molecule has 0 atom stereocenters. The molecule has 0 aliphatic carbocycles. The minimum absolute atomic E-state index is 0.165. The van der Waals surface area contributed by atoms with E-state index in [1.54, 1.807) is 0 Å². The van der Waals surface area contributed by atoms with Crippen molar-refractivity contribution >= 4 is 17.0 Å². The fourth-order valence-electron chi connectivity index (χ4n) is 1.74. The van der Waals surface area contributed by atoms with Crippen LogP contribution < -0.4 is 10.5 Å². The lowest BCUT2D eigenvalue weighted by Crippen LogP contribution is -2.10. The number of nitrogens with two attached hydrogens (primary N) is 1. The Morgan fingerprint density at radius 1 is 1.08 bits per heavy atom. The first-order valence-electron chi connectivity index (χ1n) is 7.92. The number of amides is 1. The summed E-state index contributed by atoms with van der Waals surface area (Å²) in [5, 5.41) is 0. The molecule has 24 heavy (non-hydrogen) atoms. The number of rotatable bonds is 3. The first kappa shape index (κ1) is 19.2. The summed E-state index contributed by atoms with van der Waals surface area (Å²) >= 11 is 0. The normalized spacial score (nSPS) is 9.38. The van der Waals surface area contributed by atoms with Crippen LogP contribution in [0.4, 0.5) is 0 Å². The molecular formula is C18H23N3O3. The predicted molar refractivity (Wildman–Crippen MR) is 94.3 cm³/mol. The van der Waals surface area contributed by atoms with E-state index in [2.05, 4.69) is 9.97 Å². The number of ether oxygens (including phenoxy) is 1. The third kappa shape index (κ3) is 4.55. The third-order valence-corrected chi connectivity index (χ3v) is 2.73. The molecule has 0 aliphatic rings. The number of benzene rings is 1. The molecular weight excluding hydrogens is 306 g/mol. The van der Waals surface area contributed by atoms with Crippen molar-refractivity contribution in [2.45, 2.75) is 34.6 Å². The monoisotopic (exact) mass is 329 g/mol. The van der Waals surface area contributed by atoms with Gasteiger partial charge in [0, 0.05) is 0 Å². The SMILES string of the molecule is CC.CC.Cc1ccc(Oc2cncc3oc(C(N)=O)nc23)cc1. The largest absolute Gasteiger partial charge is 0.453 e. The van der Waals surface area contributed by atoms with E-state index in [4.69, 9.17) is 14.9 Å². The summed E-state index contributed by atoms with van der Waals surface area (Å²) < 4.78 is 10.9. The molecule has 6 nitrogen and oxygen atoms in total. The fourth-order valence-corrected chi connectivity index (χ4v) is 1.74. The Morgan fingerprint density at radius 2 is 1.71 bits per heavy atom. The summed E-state index contributed by atoms with van der Waals surface area (Å²) in [6.07, 6.45) is 2.96. The molecule has 0 radical (unpaired) electrons. The van der Waals surface area contributed by atoms with Crippen LogP contribution in [0, 0.1) is 6.92 Å². The van der Waals surface area contributed by atoms with Crippen molar-refractivity contribution in [1.29, 1.82) is 0 Å². The number of hydrogen-bond acceptors (Lipinski definition) is 5. The van der Waals surface area contributed by atoms with Crippen molar-refractivity contribution in [3.05, 3.63) is 48.1 Å². The van der Waals surface area contributed by atoms with E-state index in [-0.39, 0.29) is 5.89 Å². The average Bonchev–Trinajstić information content (AvgIpc) is 3.06. The lowest BCUT2D eigenvalue weighted by molar-refractivity contribution is 0.0969. The van der Waals surface area contributed by atoms with E-state index < -0.39 is 5.91 Å². The second kappa shape index (κ2) is 9.29. The zero-order valence-corrected chi connectivity index (χ0v) is 14.7. The van der Waals surface area contributed by atoms with Crippen molar-refractivity contribution in [1.82, 2.24) is 9.97 Å². The smallest absolute Gasteiger partial charge is 0.304 e. The Labute approximate surface area is 141 Å². The second-order valence-electron chi connectivity index (χ2n) is 4.28. The van der Waals surface area contributed by atoms with Crippen LogP contribution in [0.2, 0.25) is 0 Å². The van der Waals surface area contributed by atoms with Gasteiger partial charge in [0.05, 0.1) is 12.4 Å². The molecule has 6 heteroatoms. The Balaban J connectivity index is 0.000000671. The third-order valence-electron chi connectivity index (χ3n) is 2.73. The standard InChI is InChI=1S/C14H11N3O3.2C2H6/c1-8-2-4-9(5-3-8)19-10-6-16-7-11-12(10)17-14(20-11)13(15)18;2*1-2/h2-7H,1H3,(H2,15,18);2*1-2H3. The van der Waals surface area contributed by atoms with E-state index in [1.165, 1.54) is 12.4 Å². The maximum Gasteiger partial charge on any atom is 0.304 e. The number of primary amides is 1. The van der Waals surface area contributed by atoms with Gasteiger partial charge in [-0.2, -0.15) is 0 Å². The number of aryl methyl sites for hydroxylation is 1. The topological polar surface area (TPSA) is 91.2 Å². The van der Waals surface area contributed by atoms with Gasteiger partial charge in [0.25, 0.3) is 5.89 Å². The number of hydrogen-bond donors (Lipinski definition) is 1. The highest BCUT2D eigenvalue weighted by Crippen LogP contribution is 2.28. The zero-order valence-electron chi connectivity index (χ0n) is 14.7. The summed E-state index contributed by atoms with van der Waals surface area (Å²) in [6, 6.07) is 7.54. The molecule has 0 aliphatic heterocycles. The van der Waals surface area contributed by atoms with E-state index in [0.717, 1.165) is 5.56 Å². The van der Waals surface area contributed by atoms with E-state index in [0.29, 0.717) is 22.6 Å². The minimum Gasteiger partial charge on any atom is -0.453 e. The van der Waals surface area contributed by atoms with Gasteiger partial charge in [0.15, 0.2) is 16.8 Å². The molecule has 2 heterocycles. The first-order chi connectivity index (χ1) is 11.6. The minimum atomic E-state index is -0.734. The molecule has 1 aromatic carbocycles. The molecule has 0 spiro atoms. The number of aromatic nitrogens is 2. The van der Waals surface area contributed by atoms with Crippen molar-refractivity contribution in [3.63, 3.8) is 0 Å². The highest BCUT2D eigenvalue weighted by molar-refractivity contribution is 5.92. The van der Waals surface area contributed by atoms with E-state index >= 15 is 0 Å². The van der Waals surface area contributed by atoms with Gasteiger partial charge in [0.2, 0.25) is 0 Å². The van der Waals surface area contributed by atoms with Crippen LogP contribution in [0.1, 0.15) is 43.9 Å². The van der Waals surface area contributed by atoms with Gasteiger partial charge in [-0.3, -0.25) is 9.78 Å². The van der Waals surface area contributed by atoms with Crippen LogP contribution in [-0.2, 0) is 0 Å². The molecule has 0 bridgehead atoms. The maximum atomic E-state index is 11.1. The Bertz CT molecular complexity index is 780. The molecule has 0 fully saturated rings. The number of nitrogens with zero attached hydrogens (tertiary/aromatic N) is 2. The summed E-state index contributed by atoms with van der Waals surface area (Å²) in [5.41, 5.74) is 7.03. The fraction of sp³-hybridized carbons (Fsp3) is 0.278. The number of oxazole rings is 1. The second-order valence-corrected chi connectivity index (χ2v) is 4.28. The molecule has 0 saturated heterocycles. The van der Waals surface area contributed by atoms with Crippen molar-refractivity contribution in [3.8, 4) is 11.5 Å². The van der Waals surface area contributed by atoms with E-state index in [9.17, 15) is 4.79 Å². The number of carbonyl (C=O) groups excluding carboxylic acids is 1. The predicted octanol–water partition coefficient (Wildman–Crippen LogP) is 4.47. The molecule has 0 saturated carbocycles. The summed E-state index contributed by atoms with van der Waals surface area (Å²) in [5.74, 6) is 0.153. The quantitative estimate of drug-likeness (QED) is 0.765. The Kier molecular flexibility index (Phi) is 7.42. The lowest BCUT2D eigenvalue weighted by Gasteiger charge is -2.05. The number of pyridine rings is 1. The van der Waals surface area contributed by atoms with E-state index in [1.807, 2.05) is 58.9 Å². The lowest BCUT2D eigenvalue weighted by atomic mass is 10.2. The Hall–Kier alpha value is -2.89. The molecule has 3 aromatic rings. The molecule has 1 amide bonds. The maximum absolute atomic E-state index is 11.1. The molecule has 128 valence electrons. The number of carbonyl (C=O) groups is 1. The van der Waals surface area contributed by atoms with Gasteiger partial charge in [0.1, 0.15) is 5.75 Å². The zero-order chi connectivity index (χ0) is 18.1. The van der Waals surface area contributed by atoms with Crippen molar-refractivity contribution in [2.24, 2.45) is 5.73 Å². The highest BCUT2D eigenvalue weighted by Gasteiger charge is 2.15. The summed E-state index contributed by atoms with van der Waals surface area (Å²) in [6.45, 7) is 9.99. The average molecular weight is 329 g/mol. The summed E-state index contributed by atoms with van der Waals surface area (Å²) in [7, 11) is 0. The van der Waals surface area contributed by atoms with Crippen LogP contribution >= 0.6 is 0 Å². The van der Waals surface area contributed by atoms with Gasteiger partial charge < -0.3 is 14.9 Å². The molecule has 3 rings (SSSR count). The summed E-state index contributed by atoms with van der Waals surface area (Å²) in [4.78, 5) is 19.1. The van der Waals surface area contributed by atoms with Gasteiger partial charge in [-0.05, 0) is 19.1 Å². The molecule has 0 unspecified atom stereocenters. The van der Waals surface area contributed by atoms with Crippen molar-refractivity contribution < 1.29 is 13.9 Å². The van der Waals surface area contributed by atoms with Crippen LogP contribution in [0.25, 0.3) is 11.1 Å². The van der Waals surface area contributed by atoms with Gasteiger partial charge in [-0.15, -0.1) is 0 Å².